The fourth-order valence-electron chi connectivity index (χ4n) is 2.84. The second-order valence-corrected chi connectivity index (χ2v) is 9.56. The standard InChI is InChI=1S/C21H34BNO4/c1-10-21(9,25-17(24)23-18(2,3)4)15-11-13-16(14-12-15)22-26-19(5,6)20(7,8)27-22/h11-14H,10H2,1-9H3,(H,23,24)/t21-/m0/s1. The highest BCUT2D eigenvalue weighted by atomic mass is 16.7. The molecule has 150 valence electrons. The highest BCUT2D eigenvalue weighted by Gasteiger charge is 2.51. The zero-order chi connectivity index (χ0) is 20.7. The SMILES string of the molecule is CC[C@](C)(OC(=O)NC(C)(C)C)c1ccc(B2OC(C)(C)C(C)(C)O2)cc1. The van der Waals surface area contributed by atoms with E-state index < -0.39 is 18.8 Å². The van der Waals surface area contributed by atoms with E-state index in [2.05, 4.69) is 5.32 Å². The van der Waals surface area contributed by atoms with E-state index >= 15 is 0 Å². The molecular formula is C21H34BNO4. The van der Waals surface area contributed by atoms with Gasteiger partial charge in [0.2, 0.25) is 0 Å². The lowest BCUT2D eigenvalue weighted by Gasteiger charge is -2.32. The molecule has 1 N–H and O–H groups in total. The molecule has 2 rings (SSSR count). The summed E-state index contributed by atoms with van der Waals surface area (Å²) in [5.74, 6) is 0. The first-order valence-electron chi connectivity index (χ1n) is 9.66. The van der Waals surface area contributed by atoms with Crippen LogP contribution in [0.25, 0.3) is 0 Å². The van der Waals surface area contributed by atoms with Gasteiger partial charge in [-0.3, -0.25) is 0 Å². The Morgan fingerprint density at radius 1 is 1.04 bits per heavy atom. The molecule has 0 saturated carbocycles. The van der Waals surface area contributed by atoms with E-state index in [0.717, 1.165) is 11.0 Å². The lowest BCUT2D eigenvalue weighted by molar-refractivity contribution is 0.00578. The van der Waals surface area contributed by atoms with Crippen LogP contribution in [-0.2, 0) is 19.6 Å². The molecule has 1 fully saturated rings. The van der Waals surface area contributed by atoms with Crippen LogP contribution in [0.2, 0.25) is 0 Å². The lowest BCUT2D eigenvalue weighted by Crippen LogP contribution is -2.44. The smallest absolute Gasteiger partial charge is 0.438 e. The zero-order valence-electron chi connectivity index (χ0n) is 18.2. The summed E-state index contributed by atoms with van der Waals surface area (Å²) < 4.78 is 18.0. The molecular weight excluding hydrogens is 341 g/mol. The van der Waals surface area contributed by atoms with Gasteiger partial charge in [-0.1, -0.05) is 31.2 Å². The molecule has 0 spiro atoms. The van der Waals surface area contributed by atoms with Gasteiger partial charge in [0.15, 0.2) is 0 Å². The Balaban J connectivity index is 2.16. The second kappa shape index (κ2) is 7.14. The molecule has 0 unspecified atom stereocenters. The minimum atomic E-state index is -0.705. The monoisotopic (exact) mass is 375 g/mol. The lowest BCUT2D eigenvalue weighted by atomic mass is 9.78. The van der Waals surface area contributed by atoms with Crippen molar-refractivity contribution in [2.24, 2.45) is 0 Å². The molecule has 0 radical (unpaired) electrons. The molecule has 1 aromatic carbocycles. The van der Waals surface area contributed by atoms with Crippen LogP contribution >= 0.6 is 0 Å². The van der Waals surface area contributed by atoms with Gasteiger partial charge < -0.3 is 19.4 Å². The summed E-state index contributed by atoms with van der Waals surface area (Å²) in [6.45, 7) is 17.9. The largest absolute Gasteiger partial charge is 0.494 e. The molecule has 6 heteroatoms. The van der Waals surface area contributed by atoms with Crippen molar-refractivity contribution < 1.29 is 18.8 Å². The van der Waals surface area contributed by atoms with Crippen molar-refractivity contribution in [2.45, 2.75) is 91.1 Å². The van der Waals surface area contributed by atoms with Gasteiger partial charge in [-0.2, -0.15) is 0 Å². The van der Waals surface area contributed by atoms with Gasteiger partial charge in [0.1, 0.15) is 5.60 Å². The van der Waals surface area contributed by atoms with E-state index in [1.54, 1.807) is 0 Å². The molecule has 5 nitrogen and oxygen atoms in total. The maximum atomic E-state index is 12.3. The zero-order valence-corrected chi connectivity index (χ0v) is 18.2. The van der Waals surface area contributed by atoms with Crippen LogP contribution in [0, 0.1) is 0 Å². The van der Waals surface area contributed by atoms with Crippen molar-refractivity contribution in [3.05, 3.63) is 29.8 Å². The topological polar surface area (TPSA) is 56.8 Å². The molecule has 27 heavy (non-hydrogen) atoms. The Hall–Kier alpha value is -1.53. The van der Waals surface area contributed by atoms with Crippen LogP contribution in [0.3, 0.4) is 0 Å². The number of ether oxygens (including phenoxy) is 1. The van der Waals surface area contributed by atoms with Crippen molar-refractivity contribution in [3.8, 4) is 0 Å². The van der Waals surface area contributed by atoms with E-state index in [4.69, 9.17) is 14.0 Å². The average Bonchev–Trinajstić information content (AvgIpc) is 2.73. The minimum Gasteiger partial charge on any atom is -0.438 e. The van der Waals surface area contributed by atoms with Gasteiger partial charge in [-0.25, -0.2) is 4.79 Å². The Bertz CT molecular complexity index is 662. The van der Waals surface area contributed by atoms with E-state index in [9.17, 15) is 4.79 Å². The highest BCUT2D eigenvalue weighted by molar-refractivity contribution is 6.62. The number of amides is 1. The van der Waals surface area contributed by atoms with Gasteiger partial charge in [-0.05, 0) is 72.8 Å². The van der Waals surface area contributed by atoms with E-state index in [1.165, 1.54) is 0 Å². The molecule has 1 atom stereocenters. The predicted molar refractivity (Wildman–Crippen MR) is 109 cm³/mol. The first-order chi connectivity index (χ1) is 12.2. The second-order valence-electron chi connectivity index (χ2n) is 9.56. The number of nitrogens with one attached hydrogen (secondary N) is 1. The number of carbonyl (C=O) groups excluding carboxylic acids is 1. The van der Waals surface area contributed by atoms with Crippen molar-refractivity contribution in [1.29, 1.82) is 0 Å². The summed E-state index contributed by atoms with van der Waals surface area (Å²) in [5, 5.41) is 2.85. The predicted octanol–water partition coefficient (Wildman–Crippen LogP) is 4.14. The van der Waals surface area contributed by atoms with Crippen LogP contribution in [0.1, 0.15) is 74.3 Å². The van der Waals surface area contributed by atoms with Gasteiger partial charge >= 0.3 is 13.2 Å². The average molecular weight is 375 g/mol. The van der Waals surface area contributed by atoms with Crippen molar-refractivity contribution >= 4 is 18.7 Å². The van der Waals surface area contributed by atoms with Crippen LogP contribution in [0.4, 0.5) is 4.79 Å². The molecule has 0 aliphatic carbocycles. The van der Waals surface area contributed by atoms with Crippen LogP contribution < -0.4 is 10.8 Å². The van der Waals surface area contributed by atoms with E-state index in [-0.39, 0.29) is 16.7 Å². The van der Waals surface area contributed by atoms with Gasteiger partial charge in [0.25, 0.3) is 0 Å². The summed E-state index contributed by atoms with van der Waals surface area (Å²) in [4.78, 5) is 12.3. The fourth-order valence-corrected chi connectivity index (χ4v) is 2.84. The Morgan fingerprint density at radius 2 is 1.52 bits per heavy atom. The number of rotatable bonds is 4. The number of carbonyl (C=O) groups is 1. The molecule has 0 bridgehead atoms. The van der Waals surface area contributed by atoms with E-state index in [1.807, 2.05) is 86.6 Å². The number of benzene rings is 1. The maximum Gasteiger partial charge on any atom is 0.494 e. The molecule has 1 amide bonds. The van der Waals surface area contributed by atoms with Crippen molar-refractivity contribution in [1.82, 2.24) is 5.32 Å². The van der Waals surface area contributed by atoms with Gasteiger partial charge in [0, 0.05) is 5.54 Å². The molecule has 1 heterocycles. The van der Waals surface area contributed by atoms with Gasteiger partial charge in [-0.15, -0.1) is 0 Å². The first-order valence-corrected chi connectivity index (χ1v) is 9.66. The number of hydrogen-bond acceptors (Lipinski definition) is 4. The third kappa shape index (κ3) is 4.85. The molecule has 1 saturated heterocycles. The number of alkyl carbamates (subject to hydrolysis) is 1. The molecule has 1 aliphatic heterocycles. The Kier molecular flexibility index (Phi) is 5.75. The summed E-state index contributed by atoms with van der Waals surface area (Å²) in [6.07, 6.45) is 0.252. The van der Waals surface area contributed by atoms with Crippen LogP contribution in [-0.4, -0.2) is 30.0 Å². The quantitative estimate of drug-likeness (QED) is 0.804. The van der Waals surface area contributed by atoms with Crippen molar-refractivity contribution in [3.63, 3.8) is 0 Å². The third-order valence-corrected chi connectivity index (χ3v) is 5.52. The Morgan fingerprint density at radius 3 is 1.93 bits per heavy atom. The normalized spacial score (nSPS) is 20.9. The molecule has 0 aromatic heterocycles. The highest BCUT2D eigenvalue weighted by Crippen LogP contribution is 2.36. The Labute approximate surface area is 164 Å². The minimum absolute atomic E-state index is 0.341. The summed E-state index contributed by atoms with van der Waals surface area (Å²) >= 11 is 0. The summed E-state index contributed by atoms with van der Waals surface area (Å²) in [6, 6.07) is 7.93. The maximum absolute atomic E-state index is 12.3. The van der Waals surface area contributed by atoms with Gasteiger partial charge in [0.05, 0.1) is 11.2 Å². The number of hydrogen-bond donors (Lipinski definition) is 1. The fraction of sp³-hybridized carbons (Fsp3) is 0.667. The molecule has 1 aromatic rings. The third-order valence-electron chi connectivity index (χ3n) is 5.52. The summed E-state index contributed by atoms with van der Waals surface area (Å²) in [5.41, 5.74) is 0.102. The van der Waals surface area contributed by atoms with E-state index in [0.29, 0.717) is 6.42 Å². The van der Waals surface area contributed by atoms with Crippen LogP contribution in [0.5, 0.6) is 0 Å². The van der Waals surface area contributed by atoms with Crippen LogP contribution in [0.15, 0.2) is 24.3 Å². The molecule has 1 aliphatic rings. The first kappa shape index (κ1) is 21.8. The summed E-state index contributed by atoms with van der Waals surface area (Å²) in [7, 11) is -0.401. The van der Waals surface area contributed by atoms with Crippen molar-refractivity contribution in [2.75, 3.05) is 0 Å².